The van der Waals surface area contributed by atoms with Crippen molar-refractivity contribution in [2.45, 2.75) is 26.4 Å². The standard InChI is InChI=1S/C15H18BrN3O2/c1-10-8-14(18-21-10)17-15(20)11(2)19(3)9-12-6-4-5-7-13(12)16/h4-8,11H,9H2,1-3H3,(H,17,18,20). The molecule has 1 amide bonds. The van der Waals surface area contributed by atoms with Crippen LogP contribution in [0.4, 0.5) is 5.82 Å². The maximum Gasteiger partial charge on any atom is 0.242 e. The number of anilines is 1. The van der Waals surface area contributed by atoms with Crippen LogP contribution in [0.5, 0.6) is 0 Å². The van der Waals surface area contributed by atoms with Gasteiger partial charge in [-0.2, -0.15) is 0 Å². The molecule has 21 heavy (non-hydrogen) atoms. The van der Waals surface area contributed by atoms with Crippen molar-refractivity contribution in [1.82, 2.24) is 10.1 Å². The van der Waals surface area contributed by atoms with Crippen molar-refractivity contribution < 1.29 is 9.32 Å². The van der Waals surface area contributed by atoms with Gasteiger partial charge in [0.1, 0.15) is 5.76 Å². The molecule has 1 aromatic heterocycles. The lowest BCUT2D eigenvalue weighted by Gasteiger charge is -2.23. The molecule has 1 unspecified atom stereocenters. The average molecular weight is 352 g/mol. The molecule has 0 saturated heterocycles. The quantitative estimate of drug-likeness (QED) is 0.898. The maximum absolute atomic E-state index is 12.2. The predicted molar refractivity (Wildman–Crippen MR) is 84.9 cm³/mol. The molecule has 0 spiro atoms. The number of aromatic nitrogens is 1. The number of likely N-dealkylation sites (N-methyl/N-ethyl adjacent to an activating group) is 1. The molecule has 5 nitrogen and oxygen atoms in total. The first-order valence-electron chi connectivity index (χ1n) is 6.65. The second-order valence-corrected chi connectivity index (χ2v) is 5.85. The van der Waals surface area contributed by atoms with Gasteiger partial charge >= 0.3 is 0 Å². The van der Waals surface area contributed by atoms with Gasteiger partial charge in [0.25, 0.3) is 0 Å². The molecule has 1 N–H and O–H groups in total. The Morgan fingerprint density at radius 1 is 1.48 bits per heavy atom. The lowest BCUT2D eigenvalue weighted by atomic mass is 10.2. The minimum absolute atomic E-state index is 0.113. The molecule has 0 aliphatic rings. The summed E-state index contributed by atoms with van der Waals surface area (Å²) in [5, 5.41) is 6.51. The zero-order chi connectivity index (χ0) is 15.4. The van der Waals surface area contributed by atoms with E-state index in [9.17, 15) is 4.79 Å². The van der Waals surface area contributed by atoms with Gasteiger partial charge in [-0.3, -0.25) is 9.69 Å². The van der Waals surface area contributed by atoms with E-state index in [1.54, 1.807) is 13.0 Å². The molecule has 1 atom stereocenters. The van der Waals surface area contributed by atoms with Gasteiger partial charge in [-0.1, -0.05) is 39.3 Å². The van der Waals surface area contributed by atoms with Crippen molar-refractivity contribution in [2.75, 3.05) is 12.4 Å². The zero-order valence-corrected chi connectivity index (χ0v) is 13.8. The molecule has 0 saturated carbocycles. The van der Waals surface area contributed by atoms with Crippen LogP contribution in [-0.4, -0.2) is 29.1 Å². The van der Waals surface area contributed by atoms with Crippen molar-refractivity contribution in [1.29, 1.82) is 0 Å². The summed E-state index contributed by atoms with van der Waals surface area (Å²) in [7, 11) is 1.91. The van der Waals surface area contributed by atoms with Crippen LogP contribution in [0, 0.1) is 6.92 Å². The highest BCUT2D eigenvalue weighted by Gasteiger charge is 2.19. The molecule has 0 aliphatic carbocycles. The van der Waals surface area contributed by atoms with E-state index in [4.69, 9.17) is 4.52 Å². The van der Waals surface area contributed by atoms with Crippen LogP contribution in [0.1, 0.15) is 18.2 Å². The van der Waals surface area contributed by atoms with Crippen LogP contribution in [0.15, 0.2) is 39.3 Å². The molecule has 0 fully saturated rings. The monoisotopic (exact) mass is 351 g/mol. The Bertz CT molecular complexity index is 627. The fourth-order valence-electron chi connectivity index (χ4n) is 1.89. The van der Waals surface area contributed by atoms with Crippen LogP contribution in [0.2, 0.25) is 0 Å². The number of hydrogen-bond donors (Lipinski definition) is 1. The Balaban J connectivity index is 1.97. The molecule has 2 aromatic rings. The first kappa shape index (κ1) is 15.7. The number of benzene rings is 1. The van der Waals surface area contributed by atoms with Gasteiger partial charge in [0.05, 0.1) is 6.04 Å². The highest BCUT2D eigenvalue weighted by Crippen LogP contribution is 2.18. The molecule has 2 rings (SSSR count). The third kappa shape index (κ3) is 4.15. The number of carbonyl (C=O) groups is 1. The van der Waals surface area contributed by atoms with Gasteiger partial charge in [0.2, 0.25) is 5.91 Å². The van der Waals surface area contributed by atoms with Gasteiger partial charge in [-0.25, -0.2) is 0 Å². The van der Waals surface area contributed by atoms with E-state index in [0.717, 1.165) is 10.0 Å². The molecular weight excluding hydrogens is 334 g/mol. The SMILES string of the molecule is Cc1cc(NC(=O)C(C)N(C)Cc2ccccc2Br)no1. The van der Waals surface area contributed by atoms with Gasteiger partial charge in [-0.05, 0) is 32.5 Å². The maximum atomic E-state index is 12.2. The summed E-state index contributed by atoms with van der Waals surface area (Å²) >= 11 is 3.52. The van der Waals surface area contributed by atoms with E-state index in [-0.39, 0.29) is 11.9 Å². The summed E-state index contributed by atoms with van der Waals surface area (Å²) in [6.07, 6.45) is 0. The summed E-state index contributed by atoms with van der Waals surface area (Å²) in [5.41, 5.74) is 1.14. The van der Waals surface area contributed by atoms with E-state index >= 15 is 0 Å². The van der Waals surface area contributed by atoms with Crippen molar-refractivity contribution in [3.05, 3.63) is 46.1 Å². The molecule has 0 radical (unpaired) electrons. The molecular formula is C15H18BrN3O2. The first-order chi connectivity index (χ1) is 9.97. The Morgan fingerprint density at radius 3 is 2.81 bits per heavy atom. The number of carbonyl (C=O) groups excluding carboxylic acids is 1. The molecule has 6 heteroatoms. The first-order valence-corrected chi connectivity index (χ1v) is 7.44. The van der Waals surface area contributed by atoms with E-state index < -0.39 is 0 Å². The number of halogens is 1. The van der Waals surface area contributed by atoms with Gasteiger partial charge < -0.3 is 9.84 Å². The summed E-state index contributed by atoms with van der Waals surface area (Å²) in [5.74, 6) is 0.996. The summed E-state index contributed by atoms with van der Waals surface area (Å²) in [4.78, 5) is 14.2. The molecule has 1 heterocycles. The van der Waals surface area contributed by atoms with Crippen molar-refractivity contribution >= 4 is 27.7 Å². The van der Waals surface area contributed by atoms with Gasteiger partial charge in [0.15, 0.2) is 5.82 Å². The third-order valence-electron chi connectivity index (χ3n) is 3.30. The van der Waals surface area contributed by atoms with E-state index in [1.165, 1.54) is 0 Å². The minimum Gasteiger partial charge on any atom is -0.360 e. The van der Waals surface area contributed by atoms with Crippen molar-refractivity contribution in [3.8, 4) is 0 Å². The normalized spacial score (nSPS) is 12.4. The largest absolute Gasteiger partial charge is 0.360 e. The van der Waals surface area contributed by atoms with Crippen LogP contribution in [0.25, 0.3) is 0 Å². The molecule has 0 aliphatic heterocycles. The fourth-order valence-corrected chi connectivity index (χ4v) is 2.30. The van der Waals surface area contributed by atoms with Crippen LogP contribution in [-0.2, 0) is 11.3 Å². The van der Waals surface area contributed by atoms with Crippen LogP contribution < -0.4 is 5.32 Å². The second-order valence-electron chi connectivity index (χ2n) is 4.99. The molecule has 112 valence electrons. The molecule has 1 aromatic carbocycles. The Morgan fingerprint density at radius 2 is 2.19 bits per heavy atom. The Hall–Kier alpha value is -1.66. The topological polar surface area (TPSA) is 58.4 Å². The number of nitrogens with one attached hydrogen (secondary N) is 1. The Kier molecular flexibility index (Phi) is 5.14. The summed E-state index contributed by atoms with van der Waals surface area (Å²) < 4.78 is 5.97. The van der Waals surface area contributed by atoms with Gasteiger partial charge in [0, 0.05) is 17.1 Å². The predicted octanol–water partition coefficient (Wildman–Crippen LogP) is 3.20. The zero-order valence-electron chi connectivity index (χ0n) is 12.3. The van der Waals surface area contributed by atoms with E-state index in [0.29, 0.717) is 18.1 Å². The number of nitrogens with zero attached hydrogens (tertiary/aromatic N) is 2. The van der Waals surface area contributed by atoms with Crippen LogP contribution >= 0.6 is 15.9 Å². The number of aryl methyl sites for hydroxylation is 1. The third-order valence-corrected chi connectivity index (χ3v) is 4.07. The smallest absolute Gasteiger partial charge is 0.242 e. The van der Waals surface area contributed by atoms with E-state index in [1.807, 2.05) is 43.1 Å². The van der Waals surface area contributed by atoms with Crippen LogP contribution in [0.3, 0.4) is 0 Å². The average Bonchev–Trinajstić information content (AvgIpc) is 2.85. The summed E-state index contributed by atoms with van der Waals surface area (Å²) in [6, 6.07) is 9.39. The lowest BCUT2D eigenvalue weighted by molar-refractivity contribution is -0.120. The van der Waals surface area contributed by atoms with Crippen molar-refractivity contribution in [2.24, 2.45) is 0 Å². The van der Waals surface area contributed by atoms with Gasteiger partial charge in [-0.15, -0.1) is 0 Å². The van der Waals surface area contributed by atoms with Crippen molar-refractivity contribution in [3.63, 3.8) is 0 Å². The highest BCUT2D eigenvalue weighted by molar-refractivity contribution is 9.10. The lowest BCUT2D eigenvalue weighted by Crippen LogP contribution is -2.39. The summed E-state index contributed by atoms with van der Waals surface area (Å²) in [6.45, 7) is 4.32. The number of amides is 1. The highest BCUT2D eigenvalue weighted by atomic mass is 79.9. The molecule has 0 bridgehead atoms. The fraction of sp³-hybridized carbons (Fsp3) is 0.333. The Labute approximate surface area is 132 Å². The number of hydrogen-bond acceptors (Lipinski definition) is 4. The minimum atomic E-state index is -0.283. The second kappa shape index (κ2) is 6.87. The number of rotatable bonds is 5. The van der Waals surface area contributed by atoms with E-state index in [2.05, 4.69) is 26.4 Å².